The maximum atomic E-state index is 12.8. The molecule has 1 aromatic carbocycles. The zero-order chi connectivity index (χ0) is 19.3. The molecule has 0 amide bonds. The van der Waals surface area contributed by atoms with E-state index >= 15 is 0 Å². The number of ether oxygens (including phenoxy) is 1. The van der Waals surface area contributed by atoms with E-state index in [-0.39, 0.29) is 22.9 Å². The lowest BCUT2D eigenvalue weighted by atomic mass is 9.93. The molecule has 0 unspecified atom stereocenters. The first-order valence-electron chi connectivity index (χ1n) is 8.57. The van der Waals surface area contributed by atoms with Gasteiger partial charge in [0.2, 0.25) is 10.0 Å². The van der Waals surface area contributed by atoms with Crippen LogP contribution in [0.25, 0.3) is 10.9 Å². The van der Waals surface area contributed by atoms with Crippen LogP contribution in [0.4, 0.5) is 0 Å². The second-order valence-corrected chi connectivity index (χ2v) is 8.41. The fourth-order valence-corrected chi connectivity index (χ4v) is 4.61. The van der Waals surface area contributed by atoms with Gasteiger partial charge in [0.1, 0.15) is 0 Å². The van der Waals surface area contributed by atoms with Crippen LogP contribution in [0.3, 0.4) is 0 Å². The van der Waals surface area contributed by atoms with Gasteiger partial charge in [-0.3, -0.25) is 13.9 Å². The smallest absolute Gasteiger partial charge is 0.331 e. The predicted molar refractivity (Wildman–Crippen MR) is 98.0 cm³/mol. The van der Waals surface area contributed by atoms with Gasteiger partial charge in [-0.1, -0.05) is 0 Å². The highest BCUT2D eigenvalue weighted by Gasteiger charge is 2.44. The number of hydrogen-bond donors (Lipinski definition) is 1. The molecule has 1 aliphatic rings. The molecule has 3 rings (SSSR count). The molecular formula is C17H23N3O5S. The van der Waals surface area contributed by atoms with E-state index in [1.165, 1.54) is 22.8 Å². The van der Waals surface area contributed by atoms with Crippen LogP contribution in [0.2, 0.25) is 0 Å². The fourth-order valence-electron chi connectivity index (χ4n) is 3.13. The summed E-state index contributed by atoms with van der Waals surface area (Å²) in [5.41, 5.74) is -1.13. The van der Waals surface area contributed by atoms with Crippen LogP contribution in [0, 0.1) is 0 Å². The summed E-state index contributed by atoms with van der Waals surface area (Å²) >= 11 is 0. The molecule has 1 aromatic heterocycles. The average Bonchev–Trinajstić information content (AvgIpc) is 2.60. The fraction of sp³-hybridized carbons (Fsp3) is 0.529. The molecule has 1 N–H and O–H groups in total. The van der Waals surface area contributed by atoms with Crippen molar-refractivity contribution in [1.29, 1.82) is 0 Å². The number of nitrogens with one attached hydrogen (secondary N) is 1. The van der Waals surface area contributed by atoms with Crippen molar-refractivity contribution in [2.45, 2.75) is 57.3 Å². The van der Waals surface area contributed by atoms with Gasteiger partial charge in [-0.15, -0.1) is 0 Å². The molecule has 0 radical (unpaired) electrons. The number of fused-ring (bicyclic) bond motifs is 1. The summed E-state index contributed by atoms with van der Waals surface area (Å²) in [5, 5.41) is 0.208. The van der Waals surface area contributed by atoms with Crippen molar-refractivity contribution < 1.29 is 13.2 Å². The summed E-state index contributed by atoms with van der Waals surface area (Å²) in [6, 6.07) is 4.27. The zero-order valence-corrected chi connectivity index (χ0v) is 16.1. The van der Waals surface area contributed by atoms with Gasteiger partial charge in [-0.2, -0.15) is 0 Å². The number of aromatic nitrogens is 2. The van der Waals surface area contributed by atoms with Crippen molar-refractivity contribution in [3.8, 4) is 0 Å². The number of sulfonamides is 1. The van der Waals surface area contributed by atoms with E-state index < -0.39 is 26.8 Å². The Balaban J connectivity index is 2.18. The van der Waals surface area contributed by atoms with Crippen LogP contribution >= 0.6 is 0 Å². The maximum Gasteiger partial charge on any atom is 0.331 e. The third-order valence-electron chi connectivity index (χ3n) is 5.04. The second kappa shape index (κ2) is 6.33. The minimum absolute atomic E-state index is 0.00798. The Morgan fingerprint density at radius 1 is 1.23 bits per heavy atom. The van der Waals surface area contributed by atoms with Crippen molar-refractivity contribution in [2.24, 2.45) is 0 Å². The van der Waals surface area contributed by atoms with E-state index in [4.69, 9.17) is 4.74 Å². The highest BCUT2D eigenvalue weighted by molar-refractivity contribution is 7.89. The molecule has 2 atom stereocenters. The highest BCUT2D eigenvalue weighted by atomic mass is 32.2. The van der Waals surface area contributed by atoms with Crippen molar-refractivity contribution in [2.75, 3.05) is 6.61 Å². The zero-order valence-electron chi connectivity index (χ0n) is 15.3. The molecule has 0 aliphatic carbocycles. The van der Waals surface area contributed by atoms with Crippen LogP contribution in [0.1, 0.15) is 27.7 Å². The highest BCUT2D eigenvalue weighted by Crippen LogP contribution is 2.27. The van der Waals surface area contributed by atoms with Gasteiger partial charge in [-0.05, 0) is 45.9 Å². The molecule has 0 bridgehead atoms. The summed E-state index contributed by atoms with van der Waals surface area (Å²) < 4.78 is 36.1. The topological polar surface area (TPSA) is 99.4 Å². The molecular weight excluding hydrogens is 358 g/mol. The Morgan fingerprint density at radius 3 is 2.38 bits per heavy atom. The Hall–Kier alpha value is -1.97. The molecule has 0 spiro atoms. The molecule has 9 heteroatoms. The van der Waals surface area contributed by atoms with Gasteiger partial charge >= 0.3 is 5.69 Å². The van der Waals surface area contributed by atoms with E-state index in [0.717, 1.165) is 4.57 Å². The number of rotatable bonds is 5. The van der Waals surface area contributed by atoms with Gasteiger partial charge < -0.3 is 4.74 Å². The Bertz CT molecular complexity index is 1090. The summed E-state index contributed by atoms with van der Waals surface area (Å²) in [7, 11) is -3.83. The van der Waals surface area contributed by atoms with Gasteiger partial charge in [0.15, 0.2) is 0 Å². The lowest BCUT2D eigenvalue weighted by Crippen LogP contribution is -2.65. The Morgan fingerprint density at radius 2 is 1.88 bits per heavy atom. The molecule has 1 aliphatic heterocycles. The standard InChI is InChI=1S/C17H23N3O5S/c1-5-19-14-8-7-12(9-13(14)15(21)20(6-2)16(19)22)26(23,24)18-17(4)10-25-11(17)3/h7-9,11,18H,5-6,10H2,1-4H3/t11-,17+/m0/s1. The lowest BCUT2D eigenvalue weighted by molar-refractivity contribution is -0.120. The van der Waals surface area contributed by atoms with Crippen molar-refractivity contribution in [1.82, 2.24) is 13.9 Å². The number of benzene rings is 1. The second-order valence-electron chi connectivity index (χ2n) is 6.73. The largest absolute Gasteiger partial charge is 0.374 e. The summed E-state index contributed by atoms with van der Waals surface area (Å²) in [6.45, 7) is 7.97. The molecule has 142 valence electrons. The van der Waals surface area contributed by atoms with Crippen molar-refractivity contribution >= 4 is 20.9 Å². The molecule has 0 saturated carbocycles. The molecule has 2 aromatic rings. The Labute approximate surface area is 151 Å². The molecule has 2 heterocycles. The predicted octanol–water partition coefficient (Wildman–Crippen LogP) is 0.659. The number of aryl methyl sites for hydroxylation is 1. The molecule has 8 nitrogen and oxygen atoms in total. The van der Waals surface area contributed by atoms with Gasteiger partial charge in [-0.25, -0.2) is 17.9 Å². The van der Waals surface area contributed by atoms with Crippen molar-refractivity contribution in [3.05, 3.63) is 39.0 Å². The monoisotopic (exact) mass is 381 g/mol. The van der Waals surface area contributed by atoms with E-state index in [0.29, 0.717) is 18.7 Å². The molecule has 1 saturated heterocycles. The number of nitrogens with zero attached hydrogens (tertiary/aromatic N) is 2. The van der Waals surface area contributed by atoms with Crippen LogP contribution in [0.5, 0.6) is 0 Å². The number of hydrogen-bond acceptors (Lipinski definition) is 5. The summed E-state index contributed by atoms with van der Waals surface area (Å²) in [5.74, 6) is 0. The van der Waals surface area contributed by atoms with E-state index in [2.05, 4.69) is 4.72 Å². The summed E-state index contributed by atoms with van der Waals surface area (Å²) in [6.07, 6.45) is -0.236. The van der Waals surface area contributed by atoms with Crippen LogP contribution < -0.4 is 16.0 Å². The summed E-state index contributed by atoms with van der Waals surface area (Å²) in [4.78, 5) is 25.0. The van der Waals surface area contributed by atoms with E-state index in [1.54, 1.807) is 27.7 Å². The SMILES string of the molecule is CCn1c(=O)c2cc(S(=O)(=O)N[C@]3(C)CO[C@H]3C)ccc2n(CC)c1=O. The normalized spacial score (nSPS) is 23.2. The quantitative estimate of drug-likeness (QED) is 0.820. The third kappa shape index (κ3) is 2.80. The minimum Gasteiger partial charge on any atom is -0.374 e. The van der Waals surface area contributed by atoms with Crippen LogP contribution in [0.15, 0.2) is 32.7 Å². The van der Waals surface area contributed by atoms with E-state index in [1.807, 2.05) is 0 Å². The van der Waals surface area contributed by atoms with Gasteiger partial charge in [0, 0.05) is 13.1 Å². The van der Waals surface area contributed by atoms with Gasteiger partial charge in [0.25, 0.3) is 5.56 Å². The van der Waals surface area contributed by atoms with E-state index in [9.17, 15) is 18.0 Å². The maximum absolute atomic E-state index is 12.8. The molecule has 1 fully saturated rings. The average molecular weight is 381 g/mol. The van der Waals surface area contributed by atoms with Crippen LogP contribution in [-0.4, -0.2) is 35.8 Å². The third-order valence-corrected chi connectivity index (χ3v) is 6.65. The van der Waals surface area contributed by atoms with Crippen molar-refractivity contribution in [3.63, 3.8) is 0 Å². The minimum atomic E-state index is -3.83. The first-order valence-corrected chi connectivity index (χ1v) is 10.1. The first kappa shape index (κ1) is 18.8. The first-order chi connectivity index (χ1) is 12.1. The molecule has 26 heavy (non-hydrogen) atoms. The van der Waals surface area contributed by atoms with Crippen LogP contribution in [-0.2, 0) is 27.8 Å². The Kier molecular flexibility index (Phi) is 4.58. The lowest BCUT2D eigenvalue weighted by Gasteiger charge is -2.44. The van der Waals surface area contributed by atoms with Gasteiger partial charge in [0.05, 0.1) is 34.0 Å².